The normalized spacial score (nSPS) is 15.2. The van der Waals surface area contributed by atoms with Crippen molar-refractivity contribution in [2.24, 2.45) is 13.0 Å². The van der Waals surface area contributed by atoms with E-state index < -0.39 is 0 Å². The number of hydrazine groups is 1. The number of nitrogens with zero attached hydrogens (tertiary/aromatic N) is 1. The summed E-state index contributed by atoms with van der Waals surface area (Å²) in [5.74, 6) is -0.102. The average molecular weight is 326 g/mol. The minimum atomic E-state index is -0.348. The number of nitrogens with one attached hydrogen (secondary N) is 2. The first-order chi connectivity index (χ1) is 8.97. The van der Waals surface area contributed by atoms with Gasteiger partial charge < -0.3 is 4.57 Å². The lowest BCUT2D eigenvalue weighted by Gasteiger charge is -2.06. The summed E-state index contributed by atoms with van der Waals surface area (Å²) in [6.45, 7) is 1.94. The van der Waals surface area contributed by atoms with E-state index in [1.165, 1.54) is 0 Å². The van der Waals surface area contributed by atoms with E-state index in [0.29, 0.717) is 11.6 Å². The molecular weight excluding hydrogens is 310 g/mol. The van der Waals surface area contributed by atoms with Crippen LogP contribution in [0.3, 0.4) is 0 Å². The molecule has 1 aliphatic carbocycles. The lowest BCUT2D eigenvalue weighted by Crippen LogP contribution is -2.41. The number of amides is 2. The van der Waals surface area contributed by atoms with E-state index in [4.69, 9.17) is 0 Å². The molecule has 1 aromatic rings. The van der Waals surface area contributed by atoms with Gasteiger partial charge in [-0.3, -0.25) is 20.4 Å². The molecule has 2 amide bonds. The van der Waals surface area contributed by atoms with Crippen LogP contribution < -0.4 is 10.9 Å². The van der Waals surface area contributed by atoms with Crippen molar-refractivity contribution in [1.82, 2.24) is 15.4 Å². The molecule has 2 rings (SSSR count). The fraction of sp³-hybridized carbons (Fsp3) is 0.385. The number of rotatable bonds is 3. The molecule has 0 aliphatic heterocycles. The van der Waals surface area contributed by atoms with Crippen LogP contribution in [0.5, 0.6) is 0 Å². The van der Waals surface area contributed by atoms with E-state index in [1.54, 1.807) is 30.0 Å². The highest BCUT2D eigenvalue weighted by molar-refractivity contribution is 9.10. The summed E-state index contributed by atoms with van der Waals surface area (Å²) in [6, 6.07) is 1.69. The van der Waals surface area contributed by atoms with E-state index >= 15 is 0 Å². The Morgan fingerprint density at radius 2 is 2.11 bits per heavy atom. The Kier molecular flexibility index (Phi) is 4.09. The van der Waals surface area contributed by atoms with Crippen LogP contribution >= 0.6 is 15.9 Å². The molecule has 2 N–H and O–H groups in total. The molecule has 0 spiro atoms. The van der Waals surface area contributed by atoms with E-state index in [0.717, 1.165) is 22.9 Å². The number of aryl methyl sites for hydroxylation is 1. The van der Waals surface area contributed by atoms with E-state index in [2.05, 4.69) is 26.8 Å². The monoisotopic (exact) mass is 325 g/mol. The smallest absolute Gasteiger partial charge is 0.286 e. The van der Waals surface area contributed by atoms with Crippen molar-refractivity contribution in [2.45, 2.75) is 19.8 Å². The van der Waals surface area contributed by atoms with Crippen LogP contribution in [0, 0.1) is 5.92 Å². The van der Waals surface area contributed by atoms with Gasteiger partial charge in [-0.1, -0.05) is 5.57 Å². The Hall–Kier alpha value is -1.56. The van der Waals surface area contributed by atoms with Gasteiger partial charge in [-0.05, 0) is 47.7 Å². The molecule has 1 fully saturated rings. The third kappa shape index (κ3) is 3.70. The van der Waals surface area contributed by atoms with Crippen LogP contribution in [0.1, 0.15) is 30.3 Å². The van der Waals surface area contributed by atoms with Crippen molar-refractivity contribution in [1.29, 1.82) is 0 Å². The van der Waals surface area contributed by atoms with Crippen molar-refractivity contribution >= 4 is 27.7 Å². The maximum absolute atomic E-state index is 11.8. The fourth-order valence-corrected chi connectivity index (χ4v) is 2.36. The fourth-order valence-electron chi connectivity index (χ4n) is 1.83. The molecule has 5 nitrogen and oxygen atoms in total. The van der Waals surface area contributed by atoms with Gasteiger partial charge in [0, 0.05) is 23.8 Å². The van der Waals surface area contributed by atoms with Crippen LogP contribution in [0.25, 0.3) is 0 Å². The Bertz CT molecular complexity index is 544. The number of aromatic nitrogens is 1. The molecule has 1 saturated carbocycles. The third-order valence-corrected chi connectivity index (χ3v) is 3.52. The minimum absolute atomic E-state index is 0.300. The first-order valence-corrected chi connectivity index (χ1v) is 6.87. The Morgan fingerprint density at radius 3 is 2.63 bits per heavy atom. The zero-order valence-electron chi connectivity index (χ0n) is 10.9. The van der Waals surface area contributed by atoms with Crippen LogP contribution in [0.2, 0.25) is 0 Å². The van der Waals surface area contributed by atoms with E-state index in [-0.39, 0.29) is 11.8 Å². The summed E-state index contributed by atoms with van der Waals surface area (Å²) in [7, 11) is 1.76. The molecule has 0 atom stereocenters. The van der Waals surface area contributed by atoms with Crippen molar-refractivity contribution < 1.29 is 9.59 Å². The van der Waals surface area contributed by atoms with E-state index in [9.17, 15) is 9.59 Å². The highest BCUT2D eigenvalue weighted by atomic mass is 79.9. The summed E-state index contributed by atoms with van der Waals surface area (Å²) >= 11 is 3.29. The third-order valence-electron chi connectivity index (χ3n) is 3.08. The molecule has 1 aromatic heterocycles. The summed E-state index contributed by atoms with van der Waals surface area (Å²) < 4.78 is 2.49. The molecule has 102 valence electrons. The average Bonchev–Trinajstić information content (AvgIpc) is 3.12. The van der Waals surface area contributed by atoms with Crippen LogP contribution in [0.4, 0.5) is 0 Å². The van der Waals surface area contributed by atoms with Crippen molar-refractivity contribution in [3.05, 3.63) is 34.1 Å². The standard InChI is InChI=1S/C13H16BrN3O2/c1-8(9-3-4-9)5-12(18)15-16-13(19)11-6-10(14)7-17(11)2/h5-7,9H,3-4H2,1-2H3,(H,15,18)(H,16,19). The largest absolute Gasteiger partial charge is 0.345 e. The lowest BCUT2D eigenvalue weighted by atomic mass is 10.2. The lowest BCUT2D eigenvalue weighted by molar-refractivity contribution is -0.117. The van der Waals surface area contributed by atoms with Gasteiger partial charge in [-0.15, -0.1) is 0 Å². The van der Waals surface area contributed by atoms with Gasteiger partial charge in [-0.2, -0.15) is 0 Å². The molecule has 0 saturated heterocycles. The van der Waals surface area contributed by atoms with Crippen molar-refractivity contribution in [3.63, 3.8) is 0 Å². The van der Waals surface area contributed by atoms with Gasteiger partial charge >= 0.3 is 0 Å². The summed E-state index contributed by atoms with van der Waals surface area (Å²) in [4.78, 5) is 23.4. The number of hydrogen-bond donors (Lipinski definition) is 2. The SMILES string of the molecule is CC(=CC(=O)NNC(=O)c1cc(Br)cn1C)C1CC1. The number of hydrogen-bond acceptors (Lipinski definition) is 2. The first kappa shape index (κ1) is 13.9. The molecule has 0 radical (unpaired) electrons. The quantitative estimate of drug-likeness (QED) is 0.658. The van der Waals surface area contributed by atoms with Crippen LogP contribution in [-0.2, 0) is 11.8 Å². The zero-order chi connectivity index (χ0) is 14.0. The highest BCUT2D eigenvalue weighted by Crippen LogP contribution is 2.35. The zero-order valence-corrected chi connectivity index (χ0v) is 12.5. The van der Waals surface area contributed by atoms with Crippen molar-refractivity contribution in [2.75, 3.05) is 0 Å². The van der Waals surface area contributed by atoms with Crippen molar-refractivity contribution in [3.8, 4) is 0 Å². The maximum atomic E-state index is 11.8. The van der Waals surface area contributed by atoms with Gasteiger partial charge in [-0.25, -0.2) is 0 Å². The van der Waals surface area contributed by atoms with E-state index in [1.807, 2.05) is 6.92 Å². The number of carbonyl (C=O) groups excluding carboxylic acids is 2. The molecule has 1 aliphatic rings. The van der Waals surface area contributed by atoms with Crippen LogP contribution in [0.15, 0.2) is 28.4 Å². The molecule has 0 aromatic carbocycles. The number of carbonyl (C=O) groups is 2. The van der Waals surface area contributed by atoms with Gasteiger partial charge in [0.05, 0.1) is 0 Å². The maximum Gasteiger partial charge on any atom is 0.286 e. The Balaban J connectivity index is 1.88. The predicted molar refractivity (Wildman–Crippen MR) is 75.2 cm³/mol. The molecule has 1 heterocycles. The Labute approximate surface area is 120 Å². The van der Waals surface area contributed by atoms with Gasteiger partial charge in [0.15, 0.2) is 0 Å². The molecular formula is C13H16BrN3O2. The molecule has 0 unspecified atom stereocenters. The second-order valence-corrected chi connectivity index (χ2v) is 5.68. The highest BCUT2D eigenvalue weighted by Gasteiger charge is 2.23. The number of halogens is 1. The van der Waals surface area contributed by atoms with Gasteiger partial charge in [0.1, 0.15) is 5.69 Å². The topological polar surface area (TPSA) is 63.1 Å². The second-order valence-electron chi connectivity index (χ2n) is 4.76. The molecule has 0 bridgehead atoms. The van der Waals surface area contributed by atoms with Gasteiger partial charge in [0.2, 0.25) is 0 Å². The van der Waals surface area contributed by atoms with Crippen LogP contribution in [-0.4, -0.2) is 16.4 Å². The van der Waals surface area contributed by atoms with Gasteiger partial charge in [0.25, 0.3) is 11.8 Å². The molecule has 6 heteroatoms. The Morgan fingerprint density at radius 1 is 1.42 bits per heavy atom. The predicted octanol–water partition coefficient (Wildman–Crippen LogP) is 1.90. The first-order valence-electron chi connectivity index (χ1n) is 6.07. The summed E-state index contributed by atoms with van der Waals surface area (Å²) in [5, 5.41) is 0. The summed E-state index contributed by atoms with van der Waals surface area (Å²) in [6.07, 6.45) is 5.62. The second kappa shape index (κ2) is 5.61. The number of allylic oxidation sites excluding steroid dienone is 1. The summed E-state index contributed by atoms with van der Waals surface area (Å²) in [5.41, 5.74) is 6.31. The minimum Gasteiger partial charge on any atom is -0.345 e. The molecule has 19 heavy (non-hydrogen) atoms.